The van der Waals surface area contributed by atoms with Gasteiger partial charge in [-0.3, -0.25) is 4.90 Å². The van der Waals surface area contributed by atoms with Gasteiger partial charge in [-0.2, -0.15) is 4.98 Å². The Morgan fingerprint density at radius 1 is 1.32 bits per heavy atom. The van der Waals surface area contributed by atoms with Crippen molar-refractivity contribution < 1.29 is 0 Å². The molecule has 0 aromatic carbocycles. The van der Waals surface area contributed by atoms with Crippen LogP contribution in [-0.4, -0.2) is 56.4 Å². The Kier molecular flexibility index (Phi) is 4.32. The zero-order valence-electron chi connectivity index (χ0n) is 14.4. The molecule has 0 amide bonds. The number of hydrogen-bond acceptors (Lipinski definition) is 6. The molecule has 0 radical (unpaired) electrons. The predicted octanol–water partition coefficient (Wildman–Crippen LogP) is 2.28. The summed E-state index contributed by atoms with van der Waals surface area (Å²) in [6.07, 6.45) is 0.963. The minimum Gasteiger partial charge on any atom is -0.383 e. The largest absolute Gasteiger partial charge is 0.383 e. The van der Waals surface area contributed by atoms with E-state index in [0.717, 1.165) is 37.1 Å². The molecule has 4 heterocycles. The number of likely N-dealkylation sites (N-methyl/N-ethyl adjacent to an activating group) is 1. The van der Waals surface area contributed by atoms with Crippen molar-refractivity contribution in [2.45, 2.75) is 32.4 Å². The van der Waals surface area contributed by atoms with Gasteiger partial charge >= 0.3 is 5.69 Å². The van der Waals surface area contributed by atoms with Crippen LogP contribution >= 0.6 is 34.5 Å². The Balaban J connectivity index is 2.05. The molecule has 7 nitrogen and oxygen atoms in total. The molecule has 2 atom stereocenters. The Bertz CT molecular complexity index is 916. The standard InChI is InChI=1S/C16H20ClIN6O/c1-8-6-23-10(7-22(8)3)4-5-19-13-11-14(23)21-16(25)24(18)15(11)20-9(2)12(13)17/h8,10,19H,4-7H2,1-3H3. The SMILES string of the molecule is Cc1nc2c3c(nc(=O)n2I)N2CC(C)N(C)CC2CCNc3c1Cl. The maximum atomic E-state index is 12.5. The van der Waals surface area contributed by atoms with Gasteiger partial charge in [0.2, 0.25) is 0 Å². The van der Waals surface area contributed by atoms with Crippen molar-refractivity contribution in [3.8, 4) is 0 Å². The number of rotatable bonds is 0. The van der Waals surface area contributed by atoms with Crippen molar-refractivity contribution in [3.05, 3.63) is 21.2 Å². The number of nitrogens with zero attached hydrogens (tertiary/aromatic N) is 5. The molecule has 2 unspecified atom stereocenters. The third-order valence-electron chi connectivity index (χ3n) is 5.27. The summed E-state index contributed by atoms with van der Waals surface area (Å²) in [7, 11) is 2.15. The lowest BCUT2D eigenvalue weighted by atomic mass is 10.0. The van der Waals surface area contributed by atoms with Crippen LogP contribution in [0.15, 0.2) is 4.79 Å². The van der Waals surface area contributed by atoms with Gasteiger partial charge in [0.25, 0.3) is 0 Å². The first kappa shape index (κ1) is 17.3. The maximum absolute atomic E-state index is 12.5. The number of halogens is 2. The van der Waals surface area contributed by atoms with E-state index in [-0.39, 0.29) is 5.69 Å². The van der Waals surface area contributed by atoms with Crippen LogP contribution in [0, 0.1) is 6.92 Å². The van der Waals surface area contributed by atoms with Gasteiger partial charge in [0.05, 0.1) is 44.7 Å². The van der Waals surface area contributed by atoms with E-state index < -0.39 is 0 Å². The van der Waals surface area contributed by atoms with Gasteiger partial charge in [0.1, 0.15) is 5.82 Å². The van der Waals surface area contributed by atoms with Crippen molar-refractivity contribution in [1.82, 2.24) is 17.6 Å². The molecule has 1 saturated heterocycles. The second-order valence-corrected chi connectivity index (χ2v) is 8.24. The molecule has 1 N–H and O–H groups in total. The molecule has 9 heteroatoms. The van der Waals surface area contributed by atoms with Crippen molar-refractivity contribution >= 4 is 57.0 Å². The molecule has 1 fully saturated rings. The molecule has 2 aromatic rings. The number of aryl methyl sites for hydroxylation is 1. The molecule has 25 heavy (non-hydrogen) atoms. The van der Waals surface area contributed by atoms with Crippen LogP contribution < -0.4 is 15.9 Å². The number of piperazine rings is 1. The summed E-state index contributed by atoms with van der Waals surface area (Å²) < 4.78 is 1.47. The Morgan fingerprint density at radius 2 is 2.08 bits per heavy atom. The third kappa shape index (κ3) is 2.69. The zero-order chi connectivity index (χ0) is 17.9. The fraction of sp³-hybridized carbons (Fsp3) is 0.562. The Hall–Kier alpha value is -1.13. The van der Waals surface area contributed by atoms with Crippen molar-refractivity contribution in [1.29, 1.82) is 0 Å². The third-order valence-corrected chi connectivity index (χ3v) is 6.60. The first-order valence-electron chi connectivity index (χ1n) is 8.38. The van der Waals surface area contributed by atoms with Gasteiger partial charge in [0.15, 0.2) is 5.65 Å². The first-order valence-corrected chi connectivity index (χ1v) is 9.72. The molecule has 0 aliphatic carbocycles. The topological polar surface area (TPSA) is 66.3 Å². The molecule has 2 aromatic heterocycles. The van der Waals surface area contributed by atoms with Crippen LogP contribution in [0.1, 0.15) is 19.0 Å². The fourth-order valence-electron chi connectivity index (χ4n) is 3.73. The van der Waals surface area contributed by atoms with Crippen molar-refractivity contribution in [2.24, 2.45) is 0 Å². The second-order valence-electron chi connectivity index (χ2n) is 6.89. The lowest BCUT2D eigenvalue weighted by molar-refractivity contribution is 0.196. The van der Waals surface area contributed by atoms with Gasteiger partial charge in [-0.15, -0.1) is 0 Å². The van der Waals surface area contributed by atoms with E-state index >= 15 is 0 Å². The van der Waals surface area contributed by atoms with Gasteiger partial charge in [-0.25, -0.2) is 12.6 Å². The summed E-state index contributed by atoms with van der Waals surface area (Å²) in [6.45, 7) is 6.66. The summed E-state index contributed by atoms with van der Waals surface area (Å²) in [5.74, 6) is 0.703. The van der Waals surface area contributed by atoms with E-state index in [1.165, 1.54) is 2.78 Å². The number of anilines is 2. The van der Waals surface area contributed by atoms with Crippen LogP contribution in [0.2, 0.25) is 5.02 Å². The van der Waals surface area contributed by atoms with E-state index in [2.05, 4.69) is 39.1 Å². The highest BCUT2D eigenvalue weighted by Crippen LogP contribution is 2.39. The highest BCUT2D eigenvalue weighted by atomic mass is 127. The summed E-state index contributed by atoms with van der Waals surface area (Å²) in [5, 5.41) is 4.91. The van der Waals surface area contributed by atoms with E-state index in [4.69, 9.17) is 11.6 Å². The van der Waals surface area contributed by atoms with Gasteiger partial charge in [-0.1, -0.05) is 11.6 Å². The average Bonchev–Trinajstić information content (AvgIpc) is 2.56. The molecular formula is C16H20ClIN6O. The molecule has 0 spiro atoms. The lowest BCUT2D eigenvalue weighted by Crippen LogP contribution is -2.57. The summed E-state index contributed by atoms with van der Waals surface area (Å²) in [5.41, 5.74) is 1.87. The van der Waals surface area contributed by atoms with Crippen molar-refractivity contribution in [2.75, 3.05) is 36.9 Å². The molecule has 134 valence electrons. The molecule has 4 rings (SSSR count). The second kappa shape index (κ2) is 6.24. The van der Waals surface area contributed by atoms with Crippen LogP contribution in [0.5, 0.6) is 0 Å². The number of aromatic nitrogens is 3. The Morgan fingerprint density at radius 3 is 2.84 bits per heavy atom. The fourth-order valence-corrected chi connectivity index (χ4v) is 4.39. The molecule has 0 bridgehead atoms. The normalized spacial score (nSPS) is 23.8. The van der Waals surface area contributed by atoms with Gasteiger partial charge < -0.3 is 10.2 Å². The smallest absolute Gasteiger partial charge is 0.360 e. The lowest BCUT2D eigenvalue weighted by Gasteiger charge is -2.45. The highest BCUT2D eigenvalue weighted by Gasteiger charge is 2.34. The quantitative estimate of drug-likeness (QED) is 0.591. The minimum absolute atomic E-state index is 0.297. The summed E-state index contributed by atoms with van der Waals surface area (Å²) >= 11 is 8.52. The number of hydrogen-bond donors (Lipinski definition) is 1. The highest BCUT2D eigenvalue weighted by molar-refractivity contribution is 14.1. The van der Waals surface area contributed by atoms with Crippen LogP contribution in [0.3, 0.4) is 0 Å². The molecule has 2 aliphatic heterocycles. The van der Waals surface area contributed by atoms with Crippen LogP contribution in [0.4, 0.5) is 11.5 Å². The van der Waals surface area contributed by atoms with Crippen molar-refractivity contribution in [3.63, 3.8) is 0 Å². The summed E-state index contributed by atoms with van der Waals surface area (Å²) in [4.78, 5) is 26.1. The minimum atomic E-state index is -0.297. The first-order chi connectivity index (χ1) is 11.9. The van der Waals surface area contributed by atoms with E-state index in [9.17, 15) is 4.79 Å². The zero-order valence-corrected chi connectivity index (χ0v) is 17.3. The predicted molar refractivity (Wildman–Crippen MR) is 109 cm³/mol. The monoisotopic (exact) mass is 474 g/mol. The van der Waals surface area contributed by atoms with E-state index in [1.807, 2.05) is 29.8 Å². The van der Waals surface area contributed by atoms with Gasteiger partial charge in [-0.05, 0) is 27.3 Å². The number of pyridine rings is 1. The number of nitrogens with one attached hydrogen (secondary N) is 1. The van der Waals surface area contributed by atoms with Gasteiger partial charge in [0, 0.05) is 31.7 Å². The summed E-state index contributed by atoms with van der Waals surface area (Å²) in [6, 6.07) is 0.696. The molecule has 0 saturated carbocycles. The average molecular weight is 475 g/mol. The van der Waals surface area contributed by atoms with E-state index in [1.54, 1.807) is 0 Å². The van der Waals surface area contributed by atoms with Crippen LogP contribution in [-0.2, 0) is 0 Å². The molecule has 2 aliphatic rings. The van der Waals surface area contributed by atoms with E-state index in [0.29, 0.717) is 34.3 Å². The number of fused-ring (bicyclic) bond motifs is 2. The maximum Gasteiger partial charge on any atom is 0.360 e. The Labute approximate surface area is 164 Å². The van der Waals surface area contributed by atoms with Crippen LogP contribution in [0.25, 0.3) is 11.0 Å². The molecular weight excluding hydrogens is 455 g/mol.